The number of rotatable bonds is 6. The van der Waals surface area contributed by atoms with E-state index in [4.69, 9.17) is 16.3 Å². The van der Waals surface area contributed by atoms with E-state index in [0.29, 0.717) is 32.8 Å². The summed E-state index contributed by atoms with van der Waals surface area (Å²) in [6.45, 7) is 5.30. The van der Waals surface area contributed by atoms with Crippen LogP contribution in [-0.2, 0) is 11.0 Å². The lowest BCUT2D eigenvalue weighted by atomic mass is 10.2. The normalized spacial score (nSPS) is 15.2. The molecule has 0 radical (unpaired) electrons. The minimum atomic E-state index is -4.50. The Labute approximate surface area is 178 Å². The fourth-order valence-electron chi connectivity index (χ4n) is 3.33. The van der Waals surface area contributed by atoms with Crippen molar-refractivity contribution in [2.45, 2.75) is 13.1 Å². The number of para-hydroxylation sites is 2. The molecule has 3 rings (SSSR count). The van der Waals surface area contributed by atoms with Crippen LogP contribution in [0.5, 0.6) is 5.75 Å². The predicted molar refractivity (Wildman–Crippen MR) is 111 cm³/mol. The van der Waals surface area contributed by atoms with Gasteiger partial charge in [-0.1, -0.05) is 23.7 Å². The van der Waals surface area contributed by atoms with Crippen molar-refractivity contribution in [2.24, 2.45) is 0 Å². The van der Waals surface area contributed by atoms with Crippen molar-refractivity contribution in [1.29, 1.82) is 0 Å². The predicted octanol–water partition coefficient (Wildman–Crippen LogP) is 4.52. The van der Waals surface area contributed by atoms with Gasteiger partial charge in [-0.05, 0) is 37.3 Å². The molecular weight excluding hydrogens is 419 g/mol. The minimum absolute atomic E-state index is 0.0410. The van der Waals surface area contributed by atoms with E-state index in [1.54, 1.807) is 0 Å². The summed E-state index contributed by atoms with van der Waals surface area (Å²) in [6.07, 6.45) is -4.50. The second-order valence-electron chi connectivity index (χ2n) is 6.90. The van der Waals surface area contributed by atoms with Crippen LogP contribution in [0.3, 0.4) is 0 Å². The van der Waals surface area contributed by atoms with Gasteiger partial charge in [0, 0.05) is 26.2 Å². The average molecular weight is 442 g/mol. The van der Waals surface area contributed by atoms with Crippen molar-refractivity contribution in [3.05, 3.63) is 53.1 Å². The lowest BCUT2D eigenvalue weighted by molar-refractivity contribution is -0.137. The largest absolute Gasteiger partial charge is 0.492 e. The Morgan fingerprint density at radius 3 is 2.50 bits per heavy atom. The molecule has 0 aliphatic carbocycles. The number of halogens is 4. The van der Waals surface area contributed by atoms with E-state index in [2.05, 4.69) is 10.2 Å². The summed E-state index contributed by atoms with van der Waals surface area (Å²) in [4.78, 5) is 16.5. The van der Waals surface area contributed by atoms with E-state index in [0.717, 1.165) is 29.6 Å². The second kappa shape index (κ2) is 9.57. The molecule has 0 unspecified atom stereocenters. The third-order valence-corrected chi connectivity index (χ3v) is 5.14. The van der Waals surface area contributed by atoms with Gasteiger partial charge in [-0.25, -0.2) is 0 Å². The van der Waals surface area contributed by atoms with Crippen molar-refractivity contribution in [3.8, 4) is 5.75 Å². The molecule has 0 saturated carbocycles. The quantitative estimate of drug-likeness (QED) is 0.716. The Balaban J connectivity index is 1.56. The molecule has 0 spiro atoms. The van der Waals surface area contributed by atoms with Crippen LogP contribution in [0.2, 0.25) is 5.02 Å². The maximum Gasteiger partial charge on any atom is 0.416 e. The molecular formula is C21H23ClF3N3O2. The fraction of sp³-hybridized carbons (Fsp3) is 0.381. The molecule has 5 nitrogen and oxygen atoms in total. The van der Waals surface area contributed by atoms with E-state index in [1.165, 1.54) is 0 Å². The maximum atomic E-state index is 12.9. The van der Waals surface area contributed by atoms with Crippen molar-refractivity contribution in [1.82, 2.24) is 4.90 Å². The summed E-state index contributed by atoms with van der Waals surface area (Å²) in [5, 5.41) is 2.56. The Bertz CT molecular complexity index is 884. The summed E-state index contributed by atoms with van der Waals surface area (Å²) in [5.74, 6) is 0.421. The van der Waals surface area contributed by atoms with E-state index >= 15 is 0 Å². The number of amides is 1. The molecule has 1 saturated heterocycles. The topological polar surface area (TPSA) is 44.8 Å². The number of piperazine rings is 1. The number of carbonyl (C=O) groups excluding carboxylic acids is 1. The Kier molecular flexibility index (Phi) is 7.10. The zero-order valence-corrected chi connectivity index (χ0v) is 17.3. The minimum Gasteiger partial charge on any atom is -0.492 e. The summed E-state index contributed by atoms with van der Waals surface area (Å²) >= 11 is 5.95. The SMILES string of the molecule is CCOc1ccccc1N1CCN(CC(=O)Nc2cc(C(F)(F)F)ccc2Cl)CC1. The standard InChI is InChI=1S/C21H23ClF3N3O2/c1-2-30-19-6-4-3-5-18(19)28-11-9-27(10-12-28)14-20(29)26-17-13-15(21(23,24)25)7-8-16(17)22/h3-8,13H,2,9-12,14H2,1H3,(H,26,29). The van der Waals surface area contributed by atoms with Gasteiger partial charge in [0.25, 0.3) is 0 Å². The number of benzene rings is 2. The second-order valence-corrected chi connectivity index (χ2v) is 7.31. The van der Waals surface area contributed by atoms with Gasteiger partial charge in [-0.15, -0.1) is 0 Å². The van der Waals surface area contributed by atoms with Gasteiger partial charge in [0.05, 0.1) is 35.1 Å². The van der Waals surface area contributed by atoms with Gasteiger partial charge in [-0.2, -0.15) is 13.2 Å². The maximum absolute atomic E-state index is 12.9. The fourth-order valence-corrected chi connectivity index (χ4v) is 3.50. The highest BCUT2D eigenvalue weighted by Gasteiger charge is 2.31. The van der Waals surface area contributed by atoms with Gasteiger partial charge >= 0.3 is 6.18 Å². The highest BCUT2D eigenvalue weighted by Crippen LogP contribution is 2.34. The number of hydrogen-bond donors (Lipinski definition) is 1. The molecule has 0 bridgehead atoms. The van der Waals surface area contributed by atoms with Crippen LogP contribution in [0.25, 0.3) is 0 Å². The van der Waals surface area contributed by atoms with Crippen LogP contribution in [0.1, 0.15) is 12.5 Å². The van der Waals surface area contributed by atoms with Gasteiger partial charge in [0.15, 0.2) is 0 Å². The number of anilines is 2. The molecule has 2 aromatic carbocycles. The smallest absolute Gasteiger partial charge is 0.416 e. The molecule has 1 N–H and O–H groups in total. The molecule has 1 heterocycles. The van der Waals surface area contributed by atoms with E-state index in [1.807, 2.05) is 36.1 Å². The summed E-state index contributed by atoms with van der Waals surface area (Å²) in [6, 6.07) is 10.7. The number of ether oxygens (including phenoxy) is 1. The molecule has 9 heteroatoms. The summed E-state index contributed by atoms with van der Waals surface area (Å²) in [7, 11) is 0. The van der Waals surface area contributed by atoms with Crippen LogP contribution < -0.4 is 15.0 Å². The average Bonchev–Trinajstić information content (AvgIpc) is 2.70. The zero-order valence-electron chi connectivity index (χ0n) is 16.5. The van der Waals surface area contributed by atoms with Crippen molar-refractivity contribution in [2.75, 3.05) is 49.5 Å². The van der Waals surface area contributed by atoms with Crippen LogP contribution in [0.4, 0.5) is 24.5 Å². The first-order valence-electron chi connectivity index (χ1n) is 9.63. The van der Waals surface area contributed by atoms with Crippen molar-refractivity contribution in [3.63, 3.8) is 0 Å². The lowest BCUT2D eigenvalue weighted by Crippen LogP contribution is -2.48. The molecule has 1 amide bonds. The number of nitrogens with zero attached hydrogens (tertiary/aromatic N) is 2. The zero-order chi connectivity index (χ0) is 21.7. The number of hydrogen-bond acceptors (Lipinski definition) is 4. The third kappa shape index (κ3) is 5.58. The van der Waals surface area contributed by atoms with Crippen LogP contribution >= 0.6 is 11.6 Å². The Morgan fingerprint density at radius 1 is 1.13 bits per heavy atom. The van der Waals surface area contributed by atoms with Gasteiger partial charge in [0.2, 0.25) is 5.91 Å². The first-order chi connectivity index (χ1) is 14.3. The molecule has 0 atom stereocenters. The van der Waals surface area contributed by atoms with E-state index in [-0.39, 0.29) is 17.3 Å². The molecule has 1 aliphatic heterocycles. The summed E-state index contributed by atoms with van der Waals surface area (Å²) < 4.78 is 44.3. The lowest BCUT2D eigenvalue weighted by Gasteiger charge is -2.36. The highest BCUT2D eigenvalue weighted by molar-refractivity contribution is 6.33. The van der Waals surface area contributed by atoms with Gasteiger partial charge in [0.1, 0.15) is 5.75 Å². The number of nitrogens with one attached hydrogen (secondary N) is 1. The highest BCUT2D eigenvalue weighted by atomic mass is 35.5. The van der Waals surface area contributed by atoms with Crippen LogP contribution in [0, 0.1) is 0 Å². The van der Waals surface area contributed by atoms with Crippen molar-refractivity contribution < 1.29 is 22.7 Å². The molecule has 162 valence electrons. The summed E-state index contributed by atoms with van der Waals surface area (Å²) in [5.41, 5.74) is 0.115. The van der Waals surface area contributed by atoms with Crippen LogP contribution in [-0.4, -0.2) is 50.1 Å². The third-order valence-electron chi connectivity index (χ3n) is 4.81. The molecule has 1 aliphatic rings. The molecule has 0 aromatic heterocycles. The van der Waals surface area contributed by atoms with Crippen molar-refractivity contribution >= 4 is 28.9 Å². The first-order valence-corrected chi connectivity index (χ1v) is 10.0. The Morgan fingerprint density at radius 2 is 1.83 bits per heavy atom. The molecule has 1 fully saturated rings. The number of carbonyl (C=O) groups is 1. The Hall–Kier alpha value is -2.45. The van der Waals surface area contributed by atoms with E-state index in [9.17, 15) is 18.0 Å². The number of alkyl halides is 3. The molecule has 2 aromatic rings. The molecule has 30 heavy (non-hydrogen) atoms. The van der Waals surface area contributed by atoms with Gasteiger partial charge < -0.3 is 15.0 Å². The first kappa shape index (κ1) is 22.2. The van der Waals surface area contributed by atoms with Gasteiger partial charge in [-0.3, -0.25) is 9.69 Å². The van der Waals surface area contributed by atoms with E-state index < -0.39 is 17.6 Å². The monoisotopic (exact) mass is 441 g/mol. The van der Waals surface area contributed by atoms with Crippen LogP contribution in [0.15, 0.2) is 42.5 Å².